The molecule has 6 heteroatoms. The summed E-state index contributed by atoms with van der Waals surface area (Å²) >= 11 is 5.72. The van der Waals surface area contributed by atoms with E-state index in [1.165, 1.54) is 6.07 Å². The fourth-order valence-electron chi connectivity index (χ4n) is 2.21. The Balaban J connectivity index is 2.14. The topological polar surface area (TPSA) is 24.4 Å². The van der Waals surface area contributed by atoms with Gasteiger partial charge in [-0.1, -0.05) is 24.0 Å². The Morgan fingerprint density at radius 2 is 2.14 bits per heavy atom. The van der Waals surface area contributed by atoms with Crippen LogP contribution in [0.1, 0.15) is 24.0 Å². The largest absolute Gasteiger partial charge is 0.427 e. The van der Waals surface area contributed by atoms with E-state index in [-0.39, 0.29) is 23.0 Å². The summed E-state index contributed by atoms with van der Waals surface area (Å²) in [5.41, 5.74) is -1.38. The van der Waals surface area contributed by atoms with Gasteiger partial charge in [0.05, 0.1) is 12.0 Å². The first-order valence-electron chi connectivity index (χ1n) is 6.55. The molecule has 0 amide bonds. The quantitative estimate of drug-likeness (QED) is 0.618. The van der Waals surface area contributed by atoms with Crippen LogP contribution >= 0.6 is 11.6 Å². The molecule has 2 nitrogen and oxygen atoms in total. The highest BCUT2D eigenvalue weighted by molar-refractivity contribution is 6.17. The average Bonchev–Trinajstić information content (AvgIpc) is 3.27. The molecule has 1 N–H and O–H groups in total. The molecule has 0 saturated heterocycles. The van der Waals surface area contributed by atoms with Crippen molar-refractivity contribution in [1.82, 2.24) is 5.32 Å². The Morgan fingerprint density at radius 1 is 1.38 bits per heavy atom. The molecule has 3 rings (SSSR count). The maximum absolute atomic E-state index is 13.7. The average molecular weight is 313 g/mol. The number of hydrogen-bond donors (Lipinski definition) is 1. The Hall–Kier alpha value is -1.67. The van der Waals surface area contributed by atoms with Gasteiger partial charge < -0.3 is 5.32 Å². The molecular formula is C15H12ClF3N2. The highest BCUT2D eigenvalue weighted by atomic mass is 35.5. The van der Waals surface area contributed by atoms with E-state index in [1.54, 1.807) is 12.1 Å². The van der Waals surface area contributed by atoms with Gasteiger partial charge in [-0.2, -0.15) is 13.2 Å². The van der Waals surface area contributed by atoms with Crippen LogP contribution in [-0.2, 0) is 11.4 Å². The highest BCUT2D eigenvalue weighted by Gasteiger charge is 2.57. The number of rotatable bonds is 1. The summed E-state index contributed by atoms with van der Waals surface area (Å²) in [5.74, 6) is 5.45. The van der Waals surface area contributed by atoms with Gasteiger partial charge in [-0.3, -0.25) is 0 Å². The molecule has 0 spiro atoms. The van der Waals surface area contributed by atoms with E-state index in [4.69, 9.17) is 11.6 Å². The first kappa shape index (κ1) is 14.3. The van der Waals surface area contributed by atoms with Gasteiger partial charge >= 0.3 is 6.18 Å². The van der Waals surface area contributed by atoms with Crippen LogP contribution in [0.25, 0.3) is 0 Å². The maximum Gasteiger partial charge on any atom is 0.427 e. The molecule has 1 aliphatic carbocycles. The van der Waals surface area contributed by atoms with Crippen LogP contribution in [0.5, 0.6) is 0 Å². The molecule has 1 heterocycles. The second-order valence-corrected chi connectivity index (χ2v) is 5.45. The van der Waals surface area contributed by atoms with Crippen molar-refractivity contribution < 1.29 is 13.2 Å². The summed E-state index contributed by atoms with van der Waals surface area (Å²) in [6.45, 7) is 0. The lowest BCUT2D eigenvalue weighted by Gasteiger charge is -2.34. The standard InChI is InChI=1S/C15H12ClF3N2/c16-8-11-3-4-12-13(7-11)20-9-21-14(12,15(17,18)19)6-5-10-1-2-10/h3-4,7,9-10H,1-2,8H2,(H,20,21)/t14-/m0/s1. The van der Waals surface area contributed by atoms with Crippen LogP contribution in [-0.4, -0.2) is 12.5 Å². The molecule has 2 aliphatic rings. The molecule has 1 aliphatic heterocycles. The van der Waals surface area contributed by atoms with Gasteiger partial charge in [-0.25, -0.2) is 4.99 Å². The molecule has 0 bridgehead atoms. The fourth-order valence-corrected chi connectivity index (χ4v) is 2.37. The number of fused-ring (bicyclic) bond motifs is 1. The van der Waals surface area contributed by atoms with E-state index >= 15 is 0 Å². The zero-order chi connectivity index (χ0) is 15.1. The van der Waals surface area contributed by atoms with Crippen molar-refractivity contribution in [3.63, 3.8) is 0 Å². The van der Waals surface area contributed by atoms with Crippen LogP contribution < -0.4 is 5.32 Å². The van der Waals surface area contributed by atoms with Gasteiger partial charge in [0.15, 0.2) is 0 Å². The Kier molecular flexibility index (Phi) is 3.37. The SMILES string of the molecule is FC(F)(F)[C@@]1(C#CC2CC2)NC=Nc2cc(CCl)ccc21. The lowest BCUT2D eigenvalue weighted by Crippen LogP contribution is -2.53. The lowest BCUT2D eigenvalue weighted by molar-refractivity contribution is -0.177. The summed E-state index contributed by atoms with van der Waals surface area (Å²) in [6, 6.07) is 4.55. The third kappa shape index (κ3) is 2.49. The van der Waals surface area contributed by atoms with Crippen LogP contribution in [0, 0.1) is 17.8 Å². The number of alkyl halides is 4. The summed E-state index contributed by atoms with van der Waals surface area (Å²) in [4.78, 5) is 3.99. The molecule has 110 valence electrons. The van der Waals surface area contributed by atoms with Crippen molar-refractivity contribution >= 4 is 23.6 Å². The molecule has 0 unspecified atom stereocenters. The molecule has 0 radical (unpaired) electrons. The van der Waals surface area contributed by atoms with Crippen molar-refractivity contribution in [2.75, 3.05) is 0 Å². The van der Waals surface area contributed by atoms with E-state index in [1.807, 2.05) is 0 Å². The smallest absolute Gasteiger partial charge is 0.349 e. The maximum atomic E-state index is 13.7. The molecule has 1 aromatic rings. The molecule has 1 fully saturated rings. The second kappa shape index (κ2) is 4.96. The van der Waals surface area contributed by atoms with Gasteiger partial charge in [0.25, 0.3) is 0 Å². The zero-order valence-electron chi connectivity index (χ0n) is 11.0. The monoisotopic (exact) mass is 312 g/mol. The van der Waals surface area contributed by atoms with Crippen LogP contribution in [0.3, 0.4) is 0 Å². The lowest BCUT2D eigenvalue weighted by atomic mass is 9.86. The molecule has 1 saturated carbocycles. The van der Waals surface area contributed by atoms with E-state index in [9.17, 15) is 13.2 Å². The zero-order valence-corrected chi connectivity index (χ0v) is 11.7. The Bertz CT molecular complexity index is 653. The highest BCUT2D eigenvalue weighted by Crippen LogP contribution is 2.44. The van der Waals surface area contributed by atoms with Gasteiger partial charge in [0.1, 0.15) is 0 Å². The van der Waals surface area contributed by atoms with Crippen molar-refractivity contribution in [3.05, 3.63) is 29.3 Å². The molecule has 21 heavy (non-hydrogen) atoms. The van der Waals surface area contributed by atoms with E-state index < -0.39 is 11.7 Å². The van der Waals surface area contributed by atoms with Crippen molar-refractivity contribution in [2.24, 2.45) is 10.9 Å². The predicted octanol–water partition coefficient (Wildman–Crippen LogP) is 3.86. The first-order valence-corrected chi connectivity index (χ1v) is 7.09. The van der Waals surface area contributed by atoms with Crippen LogP contribution in [0.4, 0.5) is 18.9 Å². The number of halogens is 4. The van der Waals surface area contributed by atoms with Crippen LogP contribution in [0.15, 0.2) is 23.2 Å². The van der Waals surface area contributed by atoms with Crippen LogP contribution in [0.2, 0.25) is 0 Å². The van der Waals surface area contributed by atoms with Crippen molar-refractivity contribution in [1.29, 1.82) is 0 Å². The molecular weight excluding hydrogens is 301 g/mol. The van der Waals surface area contributed by atoms with Gasteiger partial charge in [-0.05, 0) is 24.5 Å². The predicted molar refractivity (Wildman–Crippen MR) is 75.5 cm³/mol. The van der Waals surface area contributed by atoms with Gasteiger partial charge in [0.2, 0.25) is 5.54 Å². The minimum Gasteiger partial charge on any atom is -0.349 e. The second-order valence-electron chi connectivity index (χ2n) is 5.18. The number of hydrogen-bond acceptors (Lipinski definition) is 2. The van der Waals surface area contributed by atoms with Gasteiger partial charge in [-0.15, -0.1) is 11.6 Å². The van der Waals surface area contributed by atoms with Gasteiger partial charge in [0, 0.05) is 17.4 Å². The summed E-state index contributed by atoms with van der Waals surface area (Å²) in [6.07, 6.45) is -1.74. The van der Waals surface area contributed by atoms with E-state index in [2.05, 4.69) is 22.2 Å². The number of benzene rings is 1. The molecule has 0 aromatic heterocycles. The van der Waals surface area contributed by atoms with E-state index in [0.717, 1.165) is 24.7 Å². The summed E-state index contributed by atoms with van der Waals surface area (Å²) in [5, 5.41) is 2.33. The number of nitrogens with zero attached hydrogens (tertiary/aromatic N) is 1. The minimum atomic E-state index is -4.54. The molecule has 1 atom stereocenters. The van der Waals surface area contributed by atoms with Crippen molar-refractivity contribution in [3.8, 4) is 11.8 Å². The normalized spacial score (nSPS) is 23.8. The Morgan fingerprint density at radius 3 is 2.76 bits per heavy atom. The summed E-state index contributed by atoms with van der Waals surface area (Å²) < 4.78 is 41.0. The minimum absolute atomic E-state index is 0.0273. The van der Waals surface area contributed by atoms with E-state index in [0.29, 0.717) is 0 Å². The summed E-state index contributed by atoms with van der Waals surface area (Å²) in [7, 11) is 0. The first-order chi connectivity index (χ1) is 9.96. The third-order valence-corrected chi connectivity index (χ3v) is 3.88. The fraction of sp³-hybridized carbons (Fsp3) is 0.400. The molecule has 1 aromatic carbocycles. The number of aliphatic imine (C=N–C) groups is 1. The Labute approximate surface area is 125 Å². The third-order valence-electron chi connectivity index (χ3n) is 3.57. The van der Waals surface area contributed by atoms with Crippen molar-refractivity contribution in [2.45, 2.75) is 30.4 Å². The number of nitrogens with one attached hydrogen (secondary N) is 1.